The van der Waals surface area contributed by atoms with Crippen LogP contribution in [0.25, 0.3) is 10.8 Å². The minimum atomic E-state index is -0.793. The van der Waals surface area contributed by atoms with Crippen molar-refractivity contribution >= 4 is 28.2 Å². The second-order valence-corrected chi connectivity index (χ2v) is 5.54. The predicted octanol–water partition coefficient (Wildman–Crippen LogP) is 2.88. The predicted molar refractivity (Wildman–Crippen MR) is 78.7 cm³/mol. The fraction of sp³-hybridized carbons (Fsp3) is 0.429. The molecule has 0 aliphatic carbocycles. The molecule has 0 bridgehead atoms. The monoisotopic (exact) mass is 279 g/mol. The summed E-state index contributed by atoms with van der Waals surface area (Å²) >= 11 is 6.07. The number of rotatable bonds is 4. The fourth-order valence-corrected chi connectivity index (χ4v) is 2.30. The molecule has 0 aliphatic rings. The molecule has 0 atom stereocenters. The summed E-state index contributed by atoms with van der Waals surface area (Å²) in [4.78, 5) is 2.01. The summed E-state index contributed by atoms with van der Waals surface area (Å²) in [5.41, 5.74) is -0.793. The maximum absolute atomic E-state index is 9.99. The number of hydrogen-bond acceptors (Lipinski definition) is 4. The van der Waals surface area contributed by atoms with Gasteiger partial charge in [0.2, 0.25) is 0 Å². The highest BCUT2D eigenvalue weighted by atomic mass is 35.5. The van der Waals surface area contributed by atoms with Gasteiger partial charge in [-0.2, -0.15) is 0 Å². The first kappa shape index (κ1) is 14.0. The Labute approximate surface area is 118 Å². The quantitative estimate of drug-likeness (QED) is 0.935. The van der Waals surface area contributed by atoms with Crippen molar-refractivity contribution < 1.29 is 5.11 Å². The Bertz CT molecular complexity index is 580. The Balaban J connectivity index is 2.52. The number of fused-ring (bicyclic) bond motifs is 1. The summed E-state index contributed by atoms with van der Waals surface area (Å²) in [5, 5.41) is 20.4. The van der Waals surface area contributed by atoms with Crippen LogP contribution in [0.3, 0.4) is 0 Å². The zero-order chi connectivity index (χ0) is 14.0. The first-order chi connectivity index (χ1) is 8.92. The van der Waals surface area contributed by atoms with Crippen LogP contribution in [-0.2, 0) is 0 Å². The van der Waals surface area contributed by atoms with E-state index in [4.69, 9.17) is 11.6 Å². The third-order valence-corrected chi connectivity index (χ3v) is 3.16. The second kappa shape index (κ2) is 5.31. The molecular weight excluding hydrogens is 262 g/mol. The van der Waals surface area contributed by atoms with Crippen LogP contribution < -0.4 is 4.90 Å². The zero-order valence-corrected chi connectivity index (χ0v) is 12.1. The molecule has 0 saturated heterocycles. The van der Waals surface area contributed by atoms with E-state index in [1.54, 1.807) is 13.8 Å². The minimum Gasteiger partial charge on any atom is -0.389 e. The van der Waals surface area contributed by atoms with Gasteiger partial charge in [0.25, 0.3) is 0 Å². The standard InChI is InChI=1S/C14H18ClN3O/c1-4-18(9-14(2,3)19)13-11-8-6-5-7-10(11)12(15)16-17-13/h5-8,19H,4,9H2,1-3H3. The van der Waals surface area contributed by atoms with Crippen molar-refractivity contribution in [1.82, 2.24) is 10.2 Å². The van der Waals surface area contributed by atoms with Crippen molar-refractivity contribution in [3.8, 4) is 0 Å². The van der Waals surface area contributed by atoms with Crippen LogP contribution in [0, 0.1) is 0 Å². The topological polar surface area (TPSA) is 49.2 Å². The zero-order valence-electron chi connectivity index (χ0n) is 11.4. The highest BCUT2D eigenvalue weighted by Crippen LogP contribution is 2.28. The van der Waals surface area contributed by atoms with E-state index in [0.29, 0.717) is 11.7 Å². The molecule has 2 rings (SSSR count). The van der Waals surface area contributed by atoms with E-state index in [1.165, 1.54) is 0 Å². The number of nitrogens with zero attached hydrogens (tertiary/aromatic N) is 3. The van der Waals surface area contributed by atoms with E-state index < -0.39 is 5.60 Å². The van der Waals surface area contributed by atoms with Gasteiger partial charge in [-0.15, -0.1) is 10.2 Å². The molecule has 0 radical (unpaired) electrons. The van der Waals surface area contributed by atoms with Crippen molar-refractivity contribution in [2.24, 2.45) is 0 Å². The van der Waals surface area contributed by atoms with E-state index >= 15 is 0 Å². The molecule has 102 valence electrons. The van der Waals surface area contributed by atoms with Crippen LogP contribution in [0.2, 0.25) is 5.15 Å². The van der Waals surface area contributed by atoms with Gasteiger partial charge in [0.05, 0.1) is 5.60 Å². The SMILES string of the molecule is CCN(CC(C)(C)O)c1nnc(Cl)c2ccccc12. The Morgan fingerprint density at radius 2 is 1.84 bits per heavy atom. The molecule has 5 heteroatoms. The highest BCUT2D eigenvalue weighted by Gasteiger charge is 2.20. The number of hydrogen-bond donors (Lipinski definition) is 1. The maximum atomic E-state index is 9.99. The van der Waals surface area contributed by atoms with Gasteiger partial charge in [-0.1, -0.05) is 35.9 Å². The Morgan fingerprint density at radius 1 is 1.21 bits per heavy atom. The Morgan fingerprint density at radius 3 is 2.42 bits per heavy atom. The molecule has 0 amide bonds. The van der Waals surface area contributed by atoms with Crippen molar-refractivity contribution in [1.29, 1.82) is 0 Å². The van der Waals surface area contributed by atoms with Gasteiger partial charge >= 0.3 is 0 Å². The van der Waals surface area contributed by atoms with Crippen LogP contribution in [-0.4, -0.2) is 34.0 Å². The Kier molecular flexibility index (Phi) is 3.92. The van der Waals surface area contributed by atoms with Gasteiger partial charge in [-0.3, -0.25) is 0 Å². The molecule has 2 aromatic rings. The molecule has 1 N–H and O–H groups in total. The first-order valence-electron chi connectivity index (χ1n) is 6.30. The molecule has 1 heterocycles. The smallest absolute Gasteiger partial charge is 0.159 e. The van der Waals surface area contributed by atoms with Crippen LogP contribution in [0.15, 0.2) is 24.3 Å². The summed E-state index contributed by atoms with van der Waals surface area (Å²) in [6.45, 7) is 6.81. The summed E-state index contributed by atoms with van der Waals surface area (Å²) in [7, 11) is 0. The molecule has 0 fully saturated rings. The third-order valence-electron chi connectivity index (χ3n) is 2.88. The largest absolute Gasteiger partial charge is 0.389 e. The van der Waals surface area contributed by atoms with E-state index in [9.17, 15) is 5.11 Å². The highest BCUT2D eigenvalue weighted by molar-refractivity contribution is 6.34. The summed E-state index contributed by atoms with van der Waals surface area (Å²) < 4.78 is 0. The van der Waals surface area contributed by atoms with Crippen molar-refractivity contribution in [3.05, 3.63) is 29.4 Å². The van der Waals surface area contributed by atoms with Crippen molar-refractivity contribution in [2.75, 3.05) is 18.0 Å². The van der Waals surface area contributed by atoms with Crippen LogP contribution in [0.1, 0.15) is 20.8 Å². The van der Waals surface area contributed by atoms with Gasteiger partial charge in [0.1, 0.15) is 0 Å². The molecule has 0 aliphatic heterocycles. The summed E-state index contributed by atoms with van der Waals surface area (Å²) in [6.07, 6.45) is 0. The fourth-order valence-electron chi connectivity index (χ4n) is 2.09. The number of benzene rings is 1. The average Bonchev–Trinajstić information content (AvgIpc) is 2.36. The van der Waals surface area contributed by atoms with Gasteiger partial charge in [0, 0.05) is 23.9 Å². The molecule has 1 aromatic carbocycles. The number of halogens is 1. The number of anilines is 1. The second-order valence-electron chi connectivity index (χ2n) is 5.19. The molecule has 0 spiro atoms. The number of aromatic nitrogens is 2. The minimum absolute atomic E-state index is 0.402. The lowest BCUT2D eigenvalue weighted by Gasteiger charge is -2.29. The van der Waals surface area contributed by atoms with Crippen molar-refractivity contribution in [3.63, 3.8) is 0 Å². The third kappa shape index (κ3) is 3.14. The molecular formula is C14H18ClN3O. The van der Waals surface area contributed by atoms with E-state index in [2.05, 4.69) is 10.2 Å². The van der Waals surface area contributed by atoms with E-state index in [0.717, 1.165) is 23.1 Å². The van der Waals surface area contributed by atoms with Gasteiger partial charge in [0.15, 0.2) is 11.0 Å². The molecule has 0 saturated carbocycles. The van der Waals surface area contributed by atoms with Crippen LogP contribution >= 0.6 is 11.6 Å². The van der Waals surface area contributed by atoms with Crippen LogP contribution in [0.4, 0.5) is 5.82 Å². The van der Waals surface area contributed by atoms with E-state index in [-0.39, 0.29) is 0 Å². The lowest BCUT2D eigenvalue weighted by atomic mass is 10.1. The van der Waals surface area contributed by atoms with Gasteiger partial charge in [-0.25, -0.2) is 0 Å². The van der Waals surface area contributed by atoms with Crippen molar-refractivity contribution in [2.45, 2.75) is 26.4 Å². The molecule has 0 unspecified atom stereocenters. The molecule has 4 nitrogen and oxygen atoms in total. The molecule has 19 heavy (non-hydrogen) atoms. The molecule has 1 aromatic heterocycles. The Hall–Kier alpha value is -1.39. The van der Waals surface area contributed by atoms with Crippen LogP contribution in [0.5, 0.6) is 0 Å². The lowest BCUT2D eigenvalue weighted by molar-refractivity contribution is 0.0874. The van der Waals surface area contributed by atoms with E-state index in [1.807, 2.05) is 36.1 Å². The van der Waals surface area contributed by atoms with Gasteiger partial charge < -0.3 is 10.0 Å². The normalized spacial score (nSPS) is 11.8. The summed E-state index contributed by atoms with van der Waals surface area (Å²) in [5.74, 6) is 0.754. The van der Waals surface area contributed by atoms with Gasteiger partial charge in [-0.05, 0) is 20.8 Å². The maximum Gasteiger partial charge on any atom is 0.159 e. The lowest BCUT2D eigenvalue weighted by Crippen LogP contribution is -2.39. The average molecular weight is 280 g/mol. The number of aliphatic hydroxyl groups is 1. The summed E-state index contributed by atoms with van der Waals surface area (Å²) in [6, 6.07) is 7.76. The number of likely N-dealkylation sites (N-methyl/N-ethyl adjacent to an activating group) is 1. The first-order valence-corrected chi connectivity index (χ1v) is 6.68.